The molecule has 0 aromatic heterocycles. The van der Waals surface area contributed by atoms with Gasteiger partial charge < -0.3 is 20.7 Å². The van der Waals surface area contributed by atoms with Crippen LogP contribution in [-0.2, 0) is 9.53 Å². The van der Waals surface area contributed by atoms with Crippen LogP contribution in [0.5, 0.6) is 0 Å². The molecule has 1 aliphatic heterocycles. The van der Waals surface area contributed by atoms with E-state index in [0.717, 1.165) is 25.7 Å². The number of esters is 1. The Kier molecular flexibility index (Phi) is 7.77. The minimum Gasteiger partial charge on any atom is -0.459 e. The van der Waals surface area contributed by atoms with Gasteiger partial charge in [-0.3, -0.25) is 4.90 Å². The number of ether oxygens (including phenoxy) is 1. The summed E-state index contributed by atoms with van der Waals surface area (Å²) in [6.07, 6.45) is 5.21. The molecule has 8 heteroatoms. The summed E-state index contributed by atoms with van der Waals surface area (Å²) in [6.45, 7) is 7.62. The van der Waals surface area contributed by atoms with Crippen LogP contribution in [0.25, 0.3) is 0 Å². The van der Waals surface area contributed by atoms with Gasteiger partial charge in [0.05, 0.1) is 17.7 Å². The van der Waals surface area contributed by atoms with Crippen molar-refractivity contribution in [3.63, 3.8) is 0 Å². The smallest absolute Gasteiger partial charge is 0.338 e. The molecule has 3 N–H and O–H groups in total. The van der Waals surface area contributed by atoms with Gasteiger partial charge in [-0.05, 0) is 58.2 Å². The Hall–Kier alpha value is -3.03. The van der Waals surface area contributed by atoms with Gasteiger partial charge in [0.2, 0.25) is 0 Å². The molecule has 1 aromatic carbocycles. The third-order valence-corrected chi connectivity index (χ3v) is 5.89. The molecule has 2 aliphatic rings. The number of benzene rings is 1. The van der Waals surface area contributed by atoms with Crippen LogP contribution in [0.4, 0.5) is 15.3 Å². The minimum absolute atomic E-state index is 0.201. The van der Waals surface area contributed by atoms with Crippen molar-refractivity contribution in [1.82, 2.24) is 15.5 Å². The van der Waals surface area contributed by atoms with Crippen LogP contribution in [0, 0.1) is 0 Å². The van der Waals surface area contributed by atoms with Crippen molar-refractivity contribution in [2.75, 3.05) is 11.9 Å². The van der Waals surface area contributed by atoms with E-state index in [1.807, 2.05) is 13.0 Å². The Balaban J connectivity index is 1.83. The Bertz CT molecular complexity index is 890. The predicted molar refractivity (Wildman–Crippen MR) is 123 cm³/mol. The molecule has 0 bridgehead atoms. The summed E-state index contributed by atoms with van der Waals surface area (Å²) in [7, 11) is 0. The van der Waals surface area contributed by atoms with Crippen molar-refractivity contribution < 1.29 is 19.1 Å². The van der Waals surface area contributed by atoms with Crippen molar-refractivity contribution in [3.8, 4) is 0 Å². The molecule has 174 valence electrons. The fourth-order valence-corrected chi connectivity index (χ4v) is 4.35. The first-order valence-corrected chi connectivity index (χ1v) is 11.5. The first-order chi connectivity index (χ1) is 15.3. The van der Waals surface area contributed by atoms with Crippen molar-refractivity contribution >= 4 is 23.7 Å². The van der Waals surface area contributed by atoms with Crippen LogP contribution >= 0.6 is 0 Å². The highest BCUT2D eigenvalue weighted by Gasteiger charge is 2.36. The molecule has 0 saturated heterocycles. The molecule has 1 aromatic rings. The standard InChI is InChI=1S/C24H34N4O4/c1-5-28-16(4)20(22(29)32-15(2)3)21(27-24(28)31)17-10-9-13-19(14-17)26-23(30)25-18-11-7-6-8-12-18/h9-10,13-15,18,21H,5-8,11-12H2,1-4H3,(H,27,31)(H2,25,26,30). The molecule has 1 saturated carbocycles. The van der Waals surface area contributed by atoms with Gasteiger partial charge in [-0.15, -0.1) is 0 Å². The zero-order valence-electron chi connectivity index (χ0n) is 19.4. The van der Waals surface area contributed by atoms with Gasteiger partial charge in [-0.1, -0.05) is 31.4 Å². The lowest BCUT2D eigenvalue weighted by Gasteiger charge is -2.35. The molecule has 0 spiro atoms. The predicted octanol–water partition coefficient (Wildman–Crippen LogP) is 4.45. The molecule has 1 aliphatic carbocycles. The second kappa shape index (κ2) is 10.5. The van der Waals surface area contributed by atoms with E-state index in [1.165, 1.54) is 11.3 Å². The molecular formula is C24H34N4O4. The summed E-state index contributed by atoms with van der Waals surface area (Å²) >= 11 is 0. The number of anilines is 1. The molecule has 4 amide bonds. The topological polar surface area (TPSA) is 99.8 Å². The maximum absolute atomic E-state index is 12.9. The van der Waals surface area contributed by atoms with Gasteiger partial charge in [0, 0.05) is 24.0 Å². The maximum Gasteiger partial charge on any atom is 0.338 e. The largest absolute Gasteiger partial charge is 0.459 e. The lowest BCUT2D eigenvalue weighted by Crippen LogP contribution is -2.48. The van der Waals surface area contributed by atoms with E-state index >= 15 is 0 Å². The Morgan fingerprint density at radius 3 is 2.59 bits per heavy atom. The third kappa shape index (κ3) is 5.60. The van der Waals surface area contributed by atoms with Crippen molar-refractivity contribution in [1.29, 1.82) is 0 Å². The van der Waals surface area contributed by atoms with Gasteiger partial charge in [0.25, 0.3) is 0 Å². The van der Waals surface area contributed by atoms with Crippen LogP contribution in [-0.4, -0.2) is 41.6 Å². The molecule has 0 radical (unpaired) electrons. The van der Waals surface area contributed by atoms with E-state index < -0.39 is 12.0 Å². The molecule has 1 heterocycles. The lowest BCUT2D eigenvalue weighted by atomic mass is 9.94. The summed E-state index contributed by atoms with van der Waals surface area (Å²) in [5.74, 6) is -0.464. The number of hydrogen-bond acceptors (Lipinski definition) is 4. The van der Waals surface area contributed by atoms with Gasteiger partial charge in [0.15, 0.2) is 0 Å². The van der Waals surface area contributed by atoms with E-state index in [-0.39, 0.29) is 24.2 Å². The first-order valence-electron chi connectivity index (χ1n) is 11.5. The number of carbonyl (C=O) groups is 3. The van der Waals surface area contributed by atoms with Crippen LogP contribution in [0.1, 0.15) is 71.4 Å². The highest BCUT2D eigenvalue weighted by atomic mass is 16.5. The molecule has 8 nitrogen and oxygen atoms in total. The number of nitrogens with zero attached hydrogens (tertiary/aromatic N) is 1. The molecule has 1 atom stereocenters. The zero-order valence-corrected chi connectivity index (χ0v) is 19.4. The first kappa shape index (κ1) is 23.6. The van der Waals surface area contributed by atoms with Gasteiger partial charge >= 0.3 is 18.0 Å². The van der Waals surface area contributed by atoms with Crippen LogP contribution in [0.15, 0.2) is 35.5 Å². The molecular weight excluding hydrogens is 408 g/mol. The number of amides is 4. The monoisotopic (exact) mass is 442 g/mol. The SMILES string of the molecule is CCN1C(=O)NC(c2cccc(NC(=O)NC3CCCCC3)c2)C(C(=O)OC(C)C)=C1C. The Morgan fingerprint density at radius 2 is 1.94 bits per heavy atom. The van der Waals surface area contributed by atoms with Crippen molar-refractivity contribution in [3.05, 3.63) is 41.1 Å². The van der Waals surface area contributed by atoms with Gasteiger partial charge in [-0.25, -0.2) is 14.4 Å². The number of allylic oxidation sites excluding steroid dienone is 1. The number of urea groups is 2. The lowest BCUT2D eigenvalue weighted by molar-refractivity contribution is -0.143. The van der Waals surface area contributed by atoms with Crippen LogP contribution < -0.4 is 16.0 Å². The number of hydrogen-bond donors (Lipinski definition) is 3. The second-order valence-electron chi connectivity index (χ2n) is 8.64. The van der Waals surface area contributed by atoms with Crippen molar-refractivity contribution in [2.45, 2.75) is 78.0 Å². The number of nitrogens with one attached hydrogen (secondary N) is 3. The highest BCUT2D eigenvalue weighted by molar-refractivity contribution is 5.95. The Labute approximate surface area is 189 Å². The van der Waals surface area contributed by atoms with E-state index in [1.54, 1.807) is 39.0 Å². The molecule has 1 unspecified atom stereocenters. The zero-order chi connectivity index (χ0) is 23.3. The highest BCUT2D eigenvalue weighted by Crippen LogP contribution is 2.32. The maximum atomic E-state index is 12.9. The fraction of sp³-hybridized carbons (Fsp3) is 0.542. The fourth-order valence-electron chi connectivity index (χ4n) is 4.35. The van der Waals surface area contributed by atoms with E-state index in [2.05, 4.69) is 16.0 Å². The van der Waals surface area contributed by atoms with E-state index in [4.69, 9.17) is 4.74 Å². The van der Waals surface area contributed by atoms with Crippen molar-refractivity contribution in [2.24, 2.45) is 0 Å². The average Bonchev–Trinajstić information content (AvgIpc) is 2.73. The number of rotatable bonds is 6. The van der Waals surface area contributed by atoms with Gasteiger partial charge in [0.1, 0.15) is 0 Å². The minimum atomic E-state index is -0.667. The summed E-state index contributed by atoms with van der Waals surface area (Å²) in [6, 6.07) is 6.21. The van der Waals surface area contributed by atoms with Crippen LogP contribution in [0.3, 0.4) is 0 Å². The second-order valence-corrected chi connectivity index (χ2v) is 8.64. The third-order valence-electron chi connectivity index (χ3n) is 5.89. The molecule has 1 fully saturated rings. The van der Waals surface area contributed by atoms with Crippen LogP contribution in [0.2, 0.25) is 0 Å². The van der Waals surface area contributed by atoms with E-state index in [0.29, 0.717) is 29.1 Å². The summed E-state index contributed by atoms with van der Waals surface area (Å²) < 4.78 is 5.46. The number of carbonyl (C=O) groups excluding carboxylic acids is 3. The molecule has 3 rings (SSSR count). The Morgan fingerprint density at radius 1 is 1.22 bits per heavy atom. The summed E-state index contributed by atoms with van der Waals surface area (Å²) in [5, 5.41) is 8.83. The average molecular weight is 443 g/mol. The van der Waals surface area contributed by atoms with E-state index in [9.17, 15) is 14.4 Å². The summed E-state index contributed by atoms with van der Waals surface area (Å²) in [5.41, 5.74) is 2.25. The van der Waals surface area contributed by atoms with Gasteiger partial charge in [-0.2, -0.15) is 0 Å². The quantitative estimate of drug-likeness (QED) is 0.567. The molecule has 32 heavy (non-hydrogen) atoms. The summed E-state index contributed by atoms with van der Waals surface area (Å²) in [4.78, 5) is 39.5. The normalized spacial score (nSPS) is 19.6.